The molecule has 0 spiro atoms. The number of hydrogen-bond acceptors (Lipinski definition) is 7. The molecule has 0 radical (unpaired) electrons. The van der Waals surface area contributed by atoms with Crippen LogP contribution in [-0.2, 0) is 23.5 Å². The van der Waals surface area contributed by atoms with Crippen molar-refractivity contribution < 1.29 is 14.0 Å². The number of nitrogens with one attached hydrogen (secondary N) is 1. The maximum Gasteiger partial charge on any atom is 0.324 e. The molecule has 2 unspecified atom stereocenters. The summed E-state index contributed by atoms with van der Waals surface area (Å²) in [5.74, 6) is 0.276. The number of imide groups is 1. The van der Waals surface area contributed by atoms with E-state index in [1.165, 1.54) is 16.7 Å². The molecule has 4 rings (SSSR count). The summed E-state index contributed by atoms with van der Waals surface area (Å²) in [5.41, 5.74) is 1.80. The summed E-state index contributed by atoms with van der Waals surface area (Å²) in [6.07, 6.45) is 2.00. The highest BCUT2D eigenvalue weighted by Crippen LogP contribution is 2.24. The first-order chi connectivity index (χ1) is 14.6. The third-order valence-corrected chi connectivity index (χ3v) is 5.73. The van der Waals surface area contributed by atoms with Gasteiger partial charge in [-0.1, -0.05) is 48.2 Å². The van der Waals surface area contributed by atoms with Crippen LogP contribution in [0.25, 0.3) is 0 Å². The van der Waals surface area contributed by atoms with Crippen molar-refractivity contribution in [1.82, 2.24) is 25.4 Å². The number of nitrogens with zero attached hydrogens (tertiary/aromatic N) is 4. The number of hydrogen-bond donors (Lipinski definition) is 1. The van der Waals surface area contributed by atoms with Gasteiger partial charge in [0.2, 0.25) is 11.8 Å². The van der Waals surface area contributed by atoms with Gasteiger partial charge in [0.1, 0.15) is 0 Å². The number of aromatic nitrogens is 3. The lowest BCUT2D eigenvalue weighted by atomic mass is 9.93. The Morgan fingerprint density at radius 1 is 1.10 bits per heavy atom. The minimum Gasteiger partial charge on any atom is -0.416 e. The van der Waals surface area contributed by atoms with Gasteiger partial charge >= 0.3 is 6.03 Å². The number of rotatable bonds is 7. The van der Waals surface area contributed by atoms with Gasteiger partial charge < -0.3 is 9.73 Å². The van der Waals surface area contributed by atoms with Gasteiger partial charge in [-0.15, -0.1) is 10.2 Å². The van der Waals surface area contributed by atoms with E-state index in [9.17, 15) is 9.59 Å². The fourth-order valence-electron chi connectivity index (χ4n) is 3.25. The Morgan fingerprint density at radius 2 is 1.90 bits per heavy atom. The Bertz CT molecular complexity index is 1010. The normalized spacial score (nSPS) is 19.0. The quantitative estimate of drug-likeness (QED) is 0.583. The fourth-order valence-corrected chi connectivity index (χ4v) is 3.95. The van der Waals surface area contributed by atoms with E-state index in [4.69, 9.17) is 4.42 Å². The minimum absolute atomic E-state index is 0.226. The Kier molecular flexibility index (Phi) is 6.08. The zero-order chi connectivity index (χ0) is 20.9. The number of thioether (sulfide) groups is 1. The van der Waals surface area contributed by atoms with Gasteiger partial charge in [-0.05, 0) is 24.6 Å². The Hall–Kier alpha value is -3.20. The fraction of sp³-hybridized carbons (Fsp3) is 0.286. The number of benzene rings is 1. The highest BCUT2D eigenvalue weighted by Gasteiger charge is 2.39. The molecule has 8 nitrogen and oxygen atoms in total. The molecule has 0 bridgehead atoms. The van der Waals surface area contributed by atoms with Gasteiger partial charge in [0, 0.05) is 24.4 Å². The lowest BCUT2D eigenvalue weighted by Gasteiger charge is -2.35. The van der Waals surface area contributed by atoms with E-state index < -0.39 is 5.92 Å². The van der Waals surface area contributed by atoms with Crippen molar-refractivity contribution in [1.29, 1.82) is 0 Å². The molecular formula is C21H21N5O3S. The number of carbonyl (C=O) groups is 2. The van der Waals surface area contributed by atoms with Crippen LogP contribution >= 0.6 is 11.8 Å². The first kappa shape index (κ1) is 20.1. The van der Waals surface area contributed by atoms with E-state index in [-0.39, 0.29) is 30.9 Å². The second-order valence-corrected chi connectivity index (χ2v) is 7.96. The molecule has 1 aromatic carbocycles. The molecule has 1 aliphatic rings. The molecule has 1 saturated heterocycles. The molecule has 3 heterocycles. The van der Waals surface area contributed by atoms with E-state index >= 15 is 0 Å². The van der Waals surface area contributed by atoms with Crippen LogP contribution in [0.15, 0.2) is 64.4 Å². The molecule has 1 aliphatic heterocycles. The second-order valence-electron chi connectivity index (χ2n) is 7.03. The van der Waals surface area contributed by atoms with Gasteiger partial charge in [0.25, 0.3) is 5.22 Å². The standard InChI is InChI=1S/C21H21N5O3S/c1-14-17(19(27)26(20(28)23-14)12-15-7-3-2-4-8-15)11-18-24-25-21(29-18)30-13-16-9-5-6-10-22-16/h2-10,14,17H,11-13H2,1H3,(H,23,28). The summed E-state index contributed by atoms with van der Waals surface area (Å²) >= 11 is 1.39. The number of amides is 3. The third kappa shape index (κ3) is 4.68. The van der Waals surface area contributed by atoms with Crippen molar-refractivity contribution in [3.63, 3.8) is 0 Å². The van der Waals surface area contributed by atoms with E-state index in [0.717, 1.165) is 11.3 Å². The first-order valence-corrected chi connectivity index (χ1v) is 10.6. The van der Waals surface area contributed by atoms with Crippen LogP contribution in [0.2, 0.25) is 0 Å². The molecule has 0 saturated carbocycles. The van der Waals surface area contributed by atoms with Crippen LogP contribution in [0, 0.1) is 5.92 Å². The van der Waals surface area contributed by atoms with Crippen LogP contribution in [-0.4, -0.2) is 38.1 Å². The summed E-state index contributed by atoms with van der Waals surface area (Å²) in [4.78, 5) is 30.9. The van der Waals surface area contributed by atoms with Gasteiger partial charge in [-0.25, -0.2) is 4.79 Å². The van der Waals surface area contributed by atoms with Crippen molar-refractivity contribution in [2.45, 2.75) is 36.9 Å². The predicted octanol–water partition coefficient (Wildman–Crippen LogP) is 3.06. The van der Waals surface area contributed by atoms with Gasteiger partial charge in [0.05, 0.1) is 18.2 Å². The second kappa shape index (κ2) is 9.08. The van der Waals surface area contributed by atoms with Crippen LogP contribution in [0.4, 0.5) is 4.79 Å². The van der Waals surface area contributed by atoms with Crippen molar-refractivity contribution in [2.75, 3.05) is 0 Å². The SMILES string of the molecule is CC1NC(=O)N(Cc2ccccc2)C(=O)C1Cc1nnc(SCc2ccccn2)o1. The molecule has 2 aromatic heterocycles. The van der Waals surface area contributed by atoms with Crippen molar-refractivity contribution in [3.8, 4) is 0 Å². The molecule has 0 aliphatic carbocycles. The number of urea groups is 1. The van der Waals surface area contributed by atoms with Gasteiger partial charge in [-0.2, -0.15) is 0 Å². The zero-order valence-corrected chi connectivity index (χ0v) is 17.2. The van der Waals surface area contributed by atoms with Crippen molar-refractivity contribution >= 4 is 23.7 Å². The largest absolute Gasteiger partial charge is 0.416 e. The summed E-state index contributed by atoms with van der Waals surface area (Å²) < 4.78 is 5.71. The third-order valence-electron chi connectivity index (χ3n) is 4.88. The number of pyridine rings is 1. The maximum atomic E-state index is 13.0. The predicted molar refractivity (Wildman–Crippen MR) is 110 cm³/mol. The van der Waals surface area contributed by atoms with Crippen LogP contribution < -0.4 is 5.32 Å². The smallest absolute Gasteiger partial charge is 0.324 e. The maximum absolute atomic E-state index is 13.0. The van der Waals surface area contributed by atoms with E-state index in [1.54, 1.807) is 6.20 Å². The topological polar surface area (TPSA) is 101 Å². The average Bonchev–Trinajstić information content (AvgIpc) is 3.22. The molecule has 1 fully saturated rings. The molecule has 154 valence electrons. The lowest BCUT2D eigenvalue weighted by Crippen LogP contribution is -2.59. The summed E-state index contributed by atoms with van der Waals surface area (Å²) in [6.45, 7) is 2.04. The summed E-state index contributed by atoms with van der Waals surface area (Å²) in [7, 11) is 0. The van der Waals surface area contributed by atoms with Crippen LogP contribution in [0.5, 0.6) is 0 Å². The zero-order valence-electron chi connectivity index (χ0n) is 16.4. The number of carbonyl (C=O) groups excluding carboxylic acids is 2. The minimum atomic E-state index is -0.472. The van der Waals surface area contributed by atoms with E-state index in [2.05, 4.69) is 20.5 Å². The average molecular weight is 423 g/mol. The molecular weight excluding hydrogens is 402 g/mol. The van der Waals surface area contributed by atoms with Crippen molar-refractivity contribution in [2.24, 2.45) is 5.92 Å². The highest BCUT2D eigenvalue weighted by atomic mass is 32.2. The van der Waals surface area contributed by atoms with E-state index in [0.29, 0.717) is 16.9 Å². The highest BCUT2D eigenvalue weighted by molar-refractivity contribution is 7.98. The molecule has 3 amide bonds. The Balaban J connectivity index is 1.41. The monoisotopic (exact) mass is 423 g/mol. The van der Waals surface area contributed by atoms with Gasteiger partial charge in [0.15, 0.2) is 0 Å². The first-order valence-electron chi connectivity index (χ1n) is 9.61. The molecule has 3 aromatic rings. The van der Waals surface area contributed by atoms with Gasteiger partial charge in [-0.3, -0.25) is 14.7 Å². The van der Waals surface area contributed by atoms with E-state index in [1.807, 2.05) is 55.5 Å². The van der Waals surface area contributed by atoms with Crippen molar-refractivity contribution in [3.05, 3.63) is 71.9 Å². The molecule has 1 N–H and O–H groups in total. The summed E-state index contributed by atoms with van der Waals surface area (Å²) in [5, 5.41) is 11.4. The molecule has 9 heteroatoms. The summed E-state index contributed by atoms with van der Waals surface area (Å²) in [6, 6.07) is 14.4. The molecule has 30 heavy (non-hydrogen) atoms. The lowest BCUT2D eigenvalue weighted by molar-refractivity contribution is -0.135. The van der Waals surface area contributed by atoms with Crippen LogP contribution in [0.1, 0.15) is 24.1 Å². The van der Waals surface area contributed by atoms with Crippen LogP contribution in [0.3, 0.4) is 0 Å². The molecule has 2 atom stereocenters. The Morgan fingerprint density at radius 3 is 2.67 bits per heavy atom. The Labute approximate surface area is 178 Å².